The monoisotopic (exact) mass is 500 g/mol. The van der Waals surface area contributed by atoms with Gasteiger partial charge in [-0.1, -0.05) is 31.9 Å². The Hall–Kier alpha value is -3.49. The molecule has 2 aromatic carbocycles. The zero-order valence-electron chi connectivity index (χ0n) is 20.3. The normalized spacial score (nSPS) is 14.0. The number of hydrogen-bond acceptors (Lipinski definition) is 6. The number of halogens is 3. The van der Waals surface area contributed by atoms with Crippen LogP contribution < -0.4 is 20.1 Å². The molecule has 0 bridgehead atoms. The second-order valence-electron chi connectivity index (χ2n) is 8.80. The van der Waals surface area contributed by atoms with Crippen molar-refractivity contribution in [1.82, 2.24) is 9.97 Å². The van der Waals surface area contributed by atoms with Crippen molar-refractivity contribution in [2.24, 2.45) is 0 Å². The van der Waals surface area contributed by atoms with Crippen molar-refractivity contribution in [2.45, 2.75) is 64.1 Å². The Kier molecular flexibility index (Phi) is 8.51. The average Bonchev–Trinajstić information content (AvgIpc) is 3.37. The molecule has 0 spiro atoms. The number of hydrogen-bond donors (Lipinski definition) is 2. The van der Waals surface area contributed by atoms with Gasteiger partial charge in [0.25, 0.3) is 0 Å². The quantitative estimate of drug-likeness (QED) is 0.261. The van der Waals surface area contributed by atoms with Crippen molar-refractivity contribution in [3.8, 4) is 11.5 Å². The number of nitrogens with one attached hydrogen (secondary N) is 2. The van der Waals surface area contributed by atoms with E-state index in [2.05, 4.69) is 27.5 Å². The highest BCUT2D eigenvalue weighted by Gasteiger charge is 2.35. The van der Waals surface area contributed by atoms with Crippen LogP contribution in [0.5, 0.6) is 11.5 Å². The third-order valence-electron chi connectivity index (χ3n) is 5.96. The average molecular weight is 501 g/mol. The standard InChI is InChI=1S/C27H31F3N4O2/c1-2-3-8-17-35-20-15-13-19(14-16-20)32-26-31-18-22(27(28,29)30)25(34-26)33-23-11-6-7-12-24(23)36-21-9-4-5-10-21/h6-7,11-16,18,21H,2-5,8-10,17H2,1H3,(H2,31,32,33,34). The number of aromatic nitrogens is 2. The SMILES string of the molecule is CCCCCOc1ccc(Nc2ncc(C(F)(F)F)c(Nc3ccccc3OC3CCCC3)n2)cc1. The minimum absolute atomic E-state index is 0.0382. The molecular weight excluding hydrogens is 469 g/mol. The molecule has 9 heteroatoms. The lowest BCUT2D eigenvalue weighted by Gasteiger charge is -2.19. The Morgan fingerprint density at radius 1 is 0.972 bits per heavy atom. The van der Waals surface area contributed by atoms with Gasteiger partial charge in [-0.05, 0) is 68.5 Å². The predicted octanol–water partition coefficient (Wildman–Crippen LogP) is 7.87. The molecule has 1 fully saturated rings. The number of ether oxygens (including phenoxy) is 2. The van der Waals surface area contributed by atoms with E-state index in [1.807, 2.05) is 0 Å². The molecular formula is C27H31F3N4O2. The molecule has 1 aliphatic carbocycles. The minimum atomic E-state index is -4.63. The lowest BCUT2D eigenvalue weighted by Crippen LogP contribution is -2.14. The fourth-order valence-electron chi connectivity index (χ4n) is 4.04. The third-order valence-corrected chi connectivity index (χ3v) is 5.96. The van der Waals surface area contributed by atoms with Gasteiger partial charge in [-0.2, -0.15) is 18.2 Å². The number of alkyl halides is 3. The first-order chi connectivity index (χ1) is 17.4. The maximum Gasteiger partial charge on any atom is 0.421 e. The molecule has 0 amide bonds. The Morgan fingerprint density at radius 3 is 2.44 bits per heavy atom. The largest absolute Gasteiger partial charge is 0.494 e. The smallest absolute Gasteiger partial charge is 0.421 e. The van der Waals surface area contributed by atoms with E-state index in [4.69, 9.17) is 9.47 Å². The summed E-state index contributed by atoms with van der Waals surface area (Å²) >= 11 is 0. The van der Waals surface area contributed by atoms with Crippen molar-refractivity contribution in [3.05, 3.63) is 60.3 Å². The van der Waals surface area contributed by atoms with Crippen LogP contribution >= 0.6 is 0 Å². The van der Waals surface area contributed by atoms with Gasteiger partial charge in [-0.3, -0.25) is 0 Å². The van der Waals surface area contributed by atoms with Gasteiger partial charge < -0.3 is 20.1 Å². The van der Waals surface area contributed by atoms with Crippen LogP contribution in [0.15, 0.2) is 54.7 Å². The fraction of sp³-hybridized carbons (Fsp3) is 0.407. The summed E-state index contributed by atoms with van der Waals surface area (Å²) in [6.45, 7) is 2.78. The van der Waals surface area contributed by atoms with E-state index >= 15 is 0 Å². The summed E-state index contributed by atoms with van der Waals surface area (Å²) in [5.41, 5.74) is 0.0928. The van der Waals surface area contributed by atoms with E-state index in [1.165, 1.54) is 0 Å². The van der Waals surface area contributed by atoms with Crippen LogP contribution in [0.3, 0.4) is 0 Å². The van der Waals surface area contributed by atoms with Crippen LogP contribution in [-0.4, -0.2) is 22.7 Å². The van der Waals surface area contributed by atoms with Crippen molar-refractivity contribution >= 4 is 23.1 Å². The Bertz CT molecular complexity index is 1120. The second kappa shape index (κ2) is 12.0. The van der Waals surface area contributed by atoms with Crippen molar-refractivity contribution in [3.63, 3.8) is 0 Å². The topological polar surface area (TPSA) is 68.3 Å². The Morgan fingerprint density at radius 2 is 1.72 bits per heavy atom. The number of para-hydroxylation sites is 2. The molecule has 192 valence electrons. The maximum atomic E-state index is 13.7. The number of rotatable bonds is 11. The van der Waals surface area contributed by atoms with Crippen LogP contribution in [0.4, 0.5) is 36.3 Å². The van der Waals surface area contributed by atoms with Crippen LogP contribution in [0.25, 0.3) is 0 Å². The van der Waals surface area contributed by atoms with E-state index < -0.39 is 11.7 Å². The second-order valence-corrected chi connectivity index (χ2v) is 8.80. The highest BCUT2D eigenvalue weighted by atomic mass is 19.4. The lowest BCUT2D eigenvalue weighted by molar-refractivity contribution is -0.137. The molecule has 0 unspecified atom stereocenters. The van der Waals surface area contributed by atoms with Crippen molar-refractivity contribution < 1.29 is 22.6 Å². The summed E-state index contributed by atoms with van der Waals surface area (Å²) in [7, 11) is 0. The number of anilines is 4. The first-order valence-corrected chi connectivity index (χ1v) is 12.4. The molecule has 1 saturated carbocycles. The molecule has 1 aliphatic rings. The van der Waals surface area contributed by atoms with E-state index in [0.29, 0.717) is 23.7 Å². The highest BCUT2D eigenvalue weighted by molar-refractivity contribution is 5.67. The Balaban J connectivity index is 1.51. The summed E-state index contributed by atoms with van der Waals surface area (Å²) < 4.78 is 53.0. The van der Waals surface area contributed by atoms with Gasteiger partial charge in [0.15, 0.2) is 0 Å². The third kappa shape index (κ3) is 7.02. The number of nitrogens with zero attached hydrogens (tertiary/aromatic N) is 2. The van der Waals surface area contributed by atoms with E-state index in [1.54, 1.807) is 48.5 Å². The van der Waals surface area contributed by atoms with Crippen LogP contribution in [-0.2, 0) is 6.18 Å². The first kappa shape index (κ1) is 25.6. The van der Waals surface area contributed by atoms with Gasteiger partial charge in [-0.15, -0.1) is 0 Å². The van der Waals surface area contributed by atoms with E-state index in [9.17, 15) is 13.2 Å². The van der Waals surface area contributed by atoms with Gasteiger partial charge in [0.2, 0.25) is 5.95 Å². The molecule has 2 N–H and O–H groups in total. The molecule has 0 radical (unpaired) electrons. The molecule has 1 aromatic heterocycles. The number of unbranched alkanes of at least 4 members (excludes halogenated alkanes) is 2. The summed E-state index contributed by atoms with van der Waals surface area (Å²) in [4.78, 5) is 8.05. The summed E-state index contributed by atoms with van der Waals surface area (Å²) in [6, 6.07) is 14.1. The maximum absolute atomic E-state index is 13.7. The zero-order chi connectivity index (χ0) is 25.4. The van der Waals surface area contributed by atoms with Crippen molar-refractivity contribution in [1.29, 1.82) is 0 Å². The van der Waals surface area contributed by atoms with Crippen LogP contribution in [0, 0.1) is 0 Å². The van der Waals surface area contributed by atoms with Gasteiger partial charge in [0, 0.05) is 11.9 Å². The molecule has 3 aromatic rings. The summed E-state index contributed by atoms with van der Waals surface area (Å²) in [6.07, 6.45) is 3.49. The molecule has 0 aliphatic heterocycles. The van der Waals surface area contributed by atoms with E-state index in [-0.39, 0.29) is 17.9 Å². The molecule has 1 heterocycles. The minimum Gasteiger partial charge on any atom is -0.494 e. The van der Waals surface area contributed by atoms with Crippen molar-refractivity contribution in [2.75, 3.05) is 17.2 Å². The predicted molar refractivity (Wildman–Crippen MR) is 134 cm³/mol. The van der Waals surface area contributed by atoms with Gasteiger partial charge in [0.1, 0.15) is 22.9 Å². The zero-order valence-corrected chi connectivity index (χ0v) is 20.3. The molecule has 6 nitrogen and oxygen atoms in total. The molecule has 4 rings (SSSR count). The lowest BCUT2D eigenvalue weighted by atomic mass is 10.2. The molecule has 36 heavy (non-hydrogen) atoms. The fourth-order valence-corrected chi connectivity index (χ4v) is 4.04. The highest BCUT2D eigenvalue weighted by Crippen LogP contribution is 2.38. The summed E-state index contributed by atoms with van der Waals surface area (Å²) in [5.74, 6) is 0.918. The molecule has 0 atom stereocenters. The van der Waals surface area contributed by atoms with Gasteiger partial charge in [-0.25, -0.2) is 4.98 Å². The van der Waals surface area contributed by atoms with Gasteiger partial charge in [0.05, 0.1) is 18.4 Å². The van der Waals surface area contributed by atoms with Gasteiger partial charge >= 0.3 is 6.18 Å². The number of benzene rings is 2. The first-order valence-electron chi connectivity index (χ1n) is 12.4. The van der Waals surface area contributed by atoms with Crippen LogP contribution in [0.1, 0.15) is 57.4 Å². The molecule has 0 saturated heterocycles. The Labute approximate surface area is 209 Å². The summed E-state index contributed by atoms with van der Waals surface area (Å²) in [5, 5.41) is 5.80. The van der Waals surface area contributed by atoms with E-state index in [0.717, 1.165) is 56.9 Å². The van der Waals surface area contributed by atoms with Crippen LogP contribution in [0.2, 0.25) is 0 Å².